The van der Waals surface area contributed by atoms with Crippen molar-refractivity contribution in [1.29, 1.82) is 5.26 Å². The van der Waals surface area contributed by atoms with Gasteiger partial charge in [-0.1, -0.05) is 66.7 Å². The first-order valence-corrected chi connectivity index (χ1v) is 13.2. The highest BCUT2D eigenvalue weighted by molar-refractivity contribution is 7.98. The van der Waals surface area contributed by atoms with Gasteiger partial charge in [0.1, 0.15) is 11.6 Å². The van der Waals surface area contributed by atoms with Crippen molar-refractivity contribution in [3.63, 3.8) is 0 Å². The maximum absolute atomic E-state index is 14.0. The third kappa shape index (κ3) is 4.93. The number of fused-ring (bicyclic) bond motifs is 1. The molecule has 0 aliphatic carbocycles. The number of amides is 1. The Morgan fingerprint density at radius 3 is 2.22 bits per heavy atom. The molecule has 1 saturated heterocycles. The highest BCUT2D eigenvalue weighted by Crippen LogP contribution is 2.33. The number of thioether (sulfide) groups is 1. The van der Waals surface area contributed by atoms with Gasteiger partial charge in [0.25, 0.3) is 11.5 Å². The van der Waals surface area contributed by atoms with E-state index < -0.39 is 0 Å². The summed E-state index contributed by atoms with van der Waals surface area (Å²) in [5.41, 5.74) is 3.04. The largest absolute Gasteiger partial charge is 0.339 e. The van der Waals surface area contributed by atoms with Crippen LogP contribution in [0.3, 0.4) is 0 Å². The van der Waals surface area contributed by atoms with E-state index in [1.807, 2.05) is 47.4 Å². The number of carbonyl (C=O) groups excluding carboxylic acids is 1. The van der Waals surface area contributed by atoms with E-state index in [1.54, 1.807) is 18.3 Å². The Balaban J connectivity index is 1.46. The lowest BCUT2D eigenvalue weighted by Gasteiger charge is -2.33. The van der Waals surface area contributed by atoms with Gasteiger partial charge in [0.15, 0.2) is 0 Å². The van der Waals surface area contributed by atoms with Gasteiger partial charge < -0.3 is 4.90 Å². The monoisotopic (exact) mass is 493 g/mol. The second kappa shape index (κ2) is 10.8. The summed E-state index contributed by atoms with van der Waals surface area (Å²) in [6.45, 7) is 1.33. The molecule has 0 unspecified atom stereocenters. The minimum absolute atomic E-state index is 0.0296. The molecule has 36 heavy (non-hydrogen) atoms. The zero-order valence-electron chi connectivity index (χ0n) is 20.0. The summed E-state index contributed by atoms with van der Waals surface area (Å²) in [7, 11) is 0. The molecule has 1 fully saturated rings. The van der Waals surface area contributed by atoms with Crippen LogP contribution < -0.4 is 5.56 Å². The summed E-state index contributed by atoms with van der Waals surface area (Å²) in [6.07, 6.45) is 4.52. The highest BCUT2D eigenvalue weighted by atomic mass is 32.2. The number of piperidine rings is 1. The van der Waals surface area contributed by atoms with Crippen LogP contribution in [0.25, 0.3) is 5.52 Å². The number of nitriles is 1. The second-order valence-corrected chi connectivity index (χ2v) is 10.1. The number of hydrogen-bond acceptors (Lipinski definition) is 4. The summed E-state index contributed by atoms with van der Waals surface area (Å²) in [6, 6.07) is 27.8. The van der Waals surface area contributed by atoms with Crippen molar-refractivity contribution in [3.05, 3.63) is 118 Å². The van der Waals surface area contributed by atoms with Crippen LogP contribution in [0.2, 0.25) is 0 Å². The second-order valence-electron chi connectivity index (χ2n) is 9.15. The molecule has 4 aromatic rings. The van der Waals surface area contributed by atoms with Crippen molar-refractivity contribution < 1.29 is 4.79 Å². The zero-order valence-corrected chi connectivity index (χ0v) is 20.8. The van der Waals surface area contributed by atoms with Gasteiger partial charge in [0, 0.05) is 29.9 Å². The van der Waals surface area contributed by atoms with Crippen LogP contribution in [0.5, 0.6) is 0 Å². The number of aromatic nitrogens is 1. The number of carbonyl (C=O) groups is 1. The molecular weight excluding hydrogens is 466 g/mol. The summed E-state index contributed by atoms with van der Waals surface area (Å²) in [5.74, 6) is 0.995. The fourth-order valence-corrected chi connectivity index (χ4v) is 6.02. The van der Waals surface area contributed by atoms with Crippen LogP contribution in [0, 0.1) is 17.2 Å². The van der Waals surface area contributed by atoms with Crippen LogP contribution in [-0.4, -0.2) is 28.3 Å². The summed E-state index contributed by atoms with van der Waals surface area (Å²) in [4.78, 5) is 29.5. The van der Waals surface area contributed by atoms with Crippen LogP contribution >= 0.6 is 11.8 Å². The molecule has 2 aromatic heterocycles. The van der Waals surface area contributed by atoms with Crippen LogP contribution in [0.4, 0.5) is 0 Å². The lowest BCUT2D eigenvalue weighted by Crippen LogP contribution is -2.40. The van der Waals surface area contributed by atoms with Crippen molar-refractivity contribution in [2.75, 3.05) is 13.1 Å². The Bertz CT molecular complexity index is 1470. The molecular formula is C30H27N3O2S. The number of rotatable bonds is 6. The van der Waals surface area contributed by atoms with Crippen molar-refractivity contribution >= 4 is 23.2 Å². The Morgan fingerprint density at radius 1 is 0.917 bits per heavy atom. The lowest BCUT2D eigenvalue weighted by molar-refractivity contribution is 0.0688. The Morgan fingerprint density at radius 2 is 1.56 bits per heavy atom. The normalized spacial score (nSPS) is 14.0. The fourth-order valence-electron chi connectivity index (χ4n) is 4.91. The number of benzene rings is 2. The van der Waals surface area contributed by atoms with E-state index in [0.29, 0.717) is 40.7 Å². The van der Waals surface area contributed by atoms with Crippen molar-refractivity contribution in [2.45, 2.75) is 29.9 Å². The standard InChI is InChI=1S/C30H27N3O2S/c31-20-25-28(36-21-24-11-5-2-6-12-24)27(26-13-7-8-16-33(26)29(25)34)30(35)32-17-14-23(15-18-32)19-22-9-3-1-4-10-22/h1-13,16,23H,14-15,17-19,21H2. The van der Waals surface area contributed by atoms with Crippen LogP contribution in [-0.2, 0) is 12.2 Å². The quantitative estimate of drug-likeness (QED) is 0.330. The van der Waals surface area contributed by atoms with E-state index in [4.69, 9.17) is 0 Å². The topological polar surface area (TPSA) is 65.6 Å². The average Bonchev–Trinajstić information content (AvgIpc) is 2.93. The molecule has 6 heteroatoms. The van der Waals surface area contributed by atoms with Gasteiger partial charge in [-0.05, 0) is 48.4 Å². The summed E-state index contributed by atoms with van der Waals surface area (Å²) < 4.78 is 1.43. The Hall–Kier alpha value is -3.82. The van der Waals surface area contributed by atoms with Crippen molar-refractivity contribution in [1.82, 2.24) is 9.30 Å². The first kappa shape index (κ1) is 23.9. The minimum atomic E-state index is -0.387. The zero-order chi connectivity index (χ0) is 24.9. The number of nitrogens with zero attached hydrogens (tertiary/aromatic N) is 3. The molecule has 0 radical (unpaired) electrons. The number of likely N-dealkylation sites (tertiary alicyclic amines) is 1. The van der Waals surface area contributed by atoms with Gasteiger partial charge in [0.05, 0.1) is 11.1 Å². The third-order valence-corrected chi connectivity index (χ3v) is 8.00. The molecule has 180 valence electrons. The van der Waals surface area contributed by atoms with Crippen molar-refractivity contribution in [2.24, 2.45) is 5.92 Å². The van der Waals surface area contributed by atoms with E-state index in [0.717, 1.165) is 24.8 Å². The van der Waals surface area contributed by atoms with E-state index in [9.17, 15) is 14.9 Å². The fraction of sp³-hybridized carbons (Fsp3) is 0.233. The lowest BCUT2D eigenvalue weighted by atomic mass is 9.90. The third-order valence-electron chi connectivity index (χ3n) is 6.82. The van der Waals surface area contributed by atoms with Crippen LogP contribution in [0.15, 0.2) is 94.7 Å². The van der Waals surface area contributed by atoms with Crippen molar-refractivity contribution in [3.8, 4) is 6.07 Å². The smallest absolute Gasteiger partial charge is 0.274 e. The maximum Gasteiger partial charge on any atom is 0.274 e. The SMILES string of the molecule is N#Cc1c(SCc2ccccc2)c(C(=O)N2CCC(Cc3ccccc3)CC2)c2ccccn2c1=O. The van der Waals surface area contributed by atoms with Crippen LogP contribution in [0.1, 0.15) is 39.9 Å². The Labute approximate surface area is 215 Å². The first-order chi connectivity index (χ1) is 17.7. The van der Waals surface area contributed by atoms with E-state index in [-0.39, 0.29) is 17.0 Å². The molecule has 0 N–H and O–H groups in total. The molecule has 0 bridgehead atoms. The summed E-state index contributed by atoms with van der Waals surface area (Å²) in [5, 5.41) is 9.95. The molecule has 5 rings (SSSR count). The van der Waals surface area contributed by atoms with Gasteiger partial charge in [0.2, 0.25) is 0 Å². The van der Waals surface area contributed by atoms with E-state index in [2.05, 4.69) is 30.3 Å². The number of hydrogen-bond donors (Lipinski definition) is 0. The average molecular weight is 494 g/mol. The molecule has 0 saturated carbocycles. The molecule has 3 heterocycles. The van der Waals surface area contributed by atoms with Gasteiger partial charge in [-0.25, -0.2) is 0 Å². The molecule has 1 aliphatic heterocycles. The molecule has 0 atom stereocenters. The maximum atomic E-state index is 14.0. The predicted molar refractivity (Wildman–Crippen MR) is 143 cm³/mol. The number of pyridine rings is 2. The van der Waals surface area contributed by atoms with E-state index in [1.165, 1.54) is 21.7 Å². The molecule has 0 spiro atoms. The van der Waals surface area contributed by atoms with Gasteiger partial charge in [-0.15, -0.1) is 11.8 Å². The minimum Gasteiger partial charge on any atom is -0.339 e. The summed E-state index contributed by atoms with van der Waals surface area (Å²) >= 11 is 1.39. The molecule has 2 aromatic carbocycles. The highest BCUT2D eigenvalue weighted by Gasteiger charge is 2.29. The Kier molecular flexibility index (Phi) is 7.20. The molecule has 5 nitrogen and oxygen atoms in total. The predicted octanol–water partition coefficient (Wildman–Crippen LogP) is 5.56. The van der Waals surface area contributed by atoms with Gasteiger partial charge in [-0.3, -0.25) is 14.0 Å². The van der Waals surface area contributed by atoms with Gasteiger partial charge >= 0.3 is 0 Å². The molecule has 1 amide bonds. The first-order valence-electron chi connectivity index (χ1n) is 12.2. The van der Waals surface area contributed by atoms with Gasteiger partial charge in [-0.2, -0.15) is 5.26 Å². The van der Waals surface area contributed by atoms with E-state index >= 15 is 0 Å². The molecule has 1 aliphatic rings.